The van der Waals surface area contributed by atoms with Gasteiger partial charge in [0.2, 0.25) is 0 Å². The van der Waals surface area contributed by atoms with E-state index in [1.165, 1.54) is 29.3 Å². The topological polar surface area (TPSA) is 24.1 Å². The molecule has 2 aromatic rings. The highest BCUT2D eigenvalue weighted by molar-refractivity contribution is 5.93. The van der Waals surface area contributed by atoms with Gasteiger partial charge in [-0.15, -0.1) is 0 Å². The zero-order valence-electron chi connectivity index (χ0n) is 9.95. The van der Waals surface area contributed by atoms with Crippen molar-refractivity contribution in [3.8, 4) is 0 Å². The monoisotopic (exact) mass is 226 g/mol. The molecule has 0 unspecified atom stereocenters. The van der Waals surface area contributed by atoms with Crippen LogP contribution in [0.4, 0.5) is 5.69 Å². The SMILES string of the molecule is c1ccc2c(NCCNC3CC3)cccc2c1. The standard InChI is InChI=1S/C15H18N2/c1-2-6-14-12(4-1)5-3-7-15(14)17-11-10-16-13-8-9-13/h1-7,13,16-17H,8-11H2. The van der Waals surface area contributed by atoms with E-state index in [1.54, 1.807) is 0 Å². The third-order valence-corrected chi connectivity index (χ3v) is 3.24. The van der Waals surface area contributed by atoms with E-state index < -0.39 is 0 Å². The van der Waals surface area contributed by atoms with Gasteiger partial charge in [-0.05, 0) is 24.3 Å². The van der Waals surface area contributed by atoms with Crippen LogP contribution in [0.2, 0.25) is 0 Å². The Morgan fingerprint density at radius 1 is 0.941 bits per heavy atom. The first kappa shape index (κ1) is 10.6. The smallest absolute Gasteiger partial charge is 0.0420 e. The molecule has 0 amide bonds. The van der Waals surface area contributed by atoms with Crippen LogP contribution < -0.4 is 10.6 Å². The molecular formula is C15H18N2. The molecule has 88 valence electrons. The van der Waals surface area contributed by atoms with Crippen molar-refractivity contribution < 1.29 is 0 Å². The predicted octanol–water partition coefficient (Wildman–Crippen LogP) is 3.00. The zero-order chi connectivity index (χ0) is 11.5. The Morgan fingerprint density at radius 2 is 1.76 bits per heavy atom. The van der Waals surface area contributed by atoms with Gasteiger partial charge in [0, 0.05) is 30.2 Å². The van der Waals surface area contributed by atoms with E-state index in [0.717, 1.165) is 19.1 Å². The zero-order valence-corrected chi connectivity index (χ0v) is 9.95. The lowest BCUT2D eigenvalue weighted by Gasteiger charge is -2.10. The van der Waals surface area contributed by atoms with Crippen LogP contribution in [0.25, 0.3) is 10.8 Å². The van der Waals surface area contributed by atoms with Crippen molar-refractivity contribution in [3.63, 3.8) is 0 Å². The first-order chi connectivity index (χ1) is 8.43. The number of hydrogen-bond acceptors (Lipinski definition) is 2. The molecular weight excluding hydrogens is 208 g/mol. The van der Waals surface area contributed by atoms with Gasteiger partial charge < -0.3 is 10.6 Å². The second-order valence-electron chi connectivity index (χ2n) is 4.68. The van der Waals surface area contributed by atoms with Crippen molar-refractivity contribution in [3.05, 3.63) is 42.5 Å². The third-order valence-electron chi connectivity index (χ3n) is 3.24. The largest absolute Gasteiger partial charge is 0.383 e. The summed E-state index contributed by atoms with van der Waals surface area (Å²) in [6.45, 7) is 2.04. The summed E-state index contributed by atoms with van der Waals surface area (Å²) in [6, 6.07) is 15.7. The Bertz CT molecular complexity index is 498. The van der Waals surface area contributed by atoms with E-state index in [-0.39, 0.29) is 0 Å². The molecule has 0 heterocycles. The first-order valence-corrected chi connectivity index (χ1v) is 6.38. The Morgan fingerprint density at radius 3 is 2.65 bits per heavy atom. The number of anilines is 1. The lowest BCUT2D eigenvalue weighted by Crippen LogP contribution is -2.23. The molecule has 1 aliphatic carbocycles. The Hall–Kier alpha value is -1.54. The fourth-order valence-electron chi connectivity index (χ4n) is 2.14. The summed E-state index contributed by atoms with van der Waals surface area (Å²) in [7, 11) is 0. The average Bonchev–Trinajstić information content (AvgIpc) is 3.19. The summed E-state index contributed by atoms with van der Waals surface area (Å²) in [5.41, 5.74) is 1.24. The molecule has 1 fully saturated rings. The number of hydrogen-bond donors (Lipinski definition) is 2. The maximum absolute atomic E-state index is 3.51. The van der Waals surface area contributed by atoms with Crippen molar-refractivity contribution in [2.45, 2.75) is 18.9 Å². The predicted molar refractivity (Wildman–Crippen MR) is 73.5 cm³/mol. The number of benzene rings is 2. The van der Waals surface area contributed by atoms with Gasteiger partial charge in [0.05, 0.1) is 0 Å². The fourth-order valence-corrected chi connectivity index (χ4v) is 2.14. The molecule has 2 aromatic carbocycles. The van der Waals surface area contributed by atoms with Crippen molar-refractivity contribution >= 4 is 16.5 Å². The van der Waals surface area contributed by atoms with E-state index in [4.69, 9.17) is 0 Å². The van der Waals surface area contributed by atoms with Crippen LogP contribution in [0, 0.1) is 0 Å². The molecule has 0 radical (unpaired) electrons. The van der Waals surface area contributed by atoms with Crippen LogP contribution in [0.3, 0.4) is 0 Å². The highest BCUT2D eigenvalue weighted by atomic mass is 15.0. The van der Waals surface area contributed by atoms with Gasteiger partial charge >= 0.3 is 0 Å². The van der Waals surface area contributed by atoms with Crippen molar-refractivity contribution in [2.24, 2.45) is 0 Å². The maximum Gasteiger partial charge on any atom is 0.0420 e. The van der Waals surface area contributed by atoms with E-state index in [2.05, 4.69) is 53.1 Å². The summed E-state index contributed by atoms with van der Waals surface area (Å²) in [5, 5.41) is 9.63. The van der Waals surface area contributed by atoms with E-state index in [1.807, 2.05) is 0 Å². The van der Waals surface area contributed by atoms with E-state index in [0.29, 0.717) is 0 Å². The molecule has 2 nitrogen and oxygen atoms in total. The second-order valence-corrected chi connectivity index (χ2v) is 4.68. The minimum atomic E-state index is 0.796. The molecule has 0 atom stereocenters. The molecule has 0 spiro atoms. The lowest BCUT2D eigenvalue weighted by atomic mass is 10.1. The third kappa shape index (κ3) is 2.59. The molecule has 17 heavy (non-hydrogen) atoms. The van der Waals surface area contributed by atoms with Gasteiger partial charge in [0.25, 0.3) is 0 Å². The normalized spacial score (nSPS) is 15.1. The molecule has 0 aliphatic heterocycles. The highest BCUT2D eigenvalue weighted by Gasteiger charge is 2.19. The Labute approximate surface area is 102 Å². The summed E-state index contributed by atoms with van der Waals surface area (Å²) >= 11 is 0. The van der Waals surface area contributed by atoms with Gasteiger partial charge in [-0.3, -0.25) is 0 Å². The lowest BCUT2D eigenvalue weighted by molar-refractivity contribution is 0.702. The Kier molecular flexibility index (Phi) is 2.97. The van der Waals surface area contributed by atoms with Gasteiger partial charge in [-0.2, -0.15) is 0 Å². The first-order valence-electron chi connectivity index (χ1n) is 6.38. The van der Waals surface area contributed by atoms with Crippen LogP contribution in [-0.4, -0.2) is 19.1 Å². The summed E-state index contributed by atoms with van der Waals surface area (Å²) < 4.78 is 0. The quantitative estimate of drug-likeness (QED) is 0.766. The van der Waals surface area contributed by atoms with E-state index >= 15 is 0 Å². The molecule has 3 rings (SSSR count). The van der Waals surface area contributed by atoms with Crippen LogP contribution >= 0.6 is 0 Å². The minimum Gasteiger partial charge on any atom is -0.383 e. The average molecular weight is 226 g/mol. The van der Waals surface area contributed by atoms with Gasteiger partial charge in [0.15, 0.2) is 0 Å². The molecule has 0 aromatic heterocycles. The van der Waals surface area contributed by atoms with E-state index in [9.17, 15) is 0 Å². The molecule has 1 saturated carbocycles. The number of nitrogens with one attached hydrogen (secondary N) is 2. The molecule has 2 heteroatoms. The summed E-state index contributed by atoms with van der Waals surface area (Å²) in [4.78, 5) is 0. The van der Waals surface area contributed by atoms with Crippen LogP contribution in [-0.2, 0) is 0 Å². The van der Waals surface area contributed by atoms with Crippen molar-refractivity contribution in [1.29, 1.82) is 0 Å². The molecule has 0 saturated heterocycles. The fraction of sp³-hybridized carbons (Fsp3) is 0.333. The van der Waals surface area contributed by atoms with Crippen LogP contribution in [0.5, 0.6) is 0 Å². The molecule has 1 aliphatic rings. The highest BCUT2D eigenvalue weighted by Crippen LogP contribution is 2.22. The molecule has 0 bridgehead atoms. The Balaban J connectivity index is 1.66. The maximum atomic E-state index is 3.51. The van der Waals surface area contributed by atoms with Crippen LogP contribution in [0.1, 0.15) is 12.8 Å². The number of fused-ring (bicyclic) bond motifs is 1. The molecule has 2 N–H and O–H groups in total. The van der Waals surface area contributed by atoms with Gasteiger partial charge in [-0.25, -0.2) is 0 Å². The van der Waals surface area contributed by atoms with Gasteiger partial charge in [0.1, 0.15) is 0 Å². The minimum absolute atomic E-state index is 0.796. The van der Waals surface area contributed by atoms with Crippen LogP contribution in [0.15, 0.2) is 42.5 Å². The van der Waals surface area contributed by atoms with Crippen molar-refractivity contribution in [2.75, 3.05) is 18.4 Å². The summed E-state index contributed by atoms with van der Waals surface area (Å²) in [6.07, 6.45) is 2.71. The number of rotatable bonds is 5. The van der Waals surface area contributed by atoms with Gasteiger partial charge in [-0.1, -0.05) is 36.4 Å². The second kappa shape index (κ2) is 4.76. The van der Waals surface area contributed by atoms with Crippen molar-refractivity contribution in [1.82, 2.24) is 5.32 Å². The summed E-state index contributed by atoms with van der Waals surface area (Å²) in [5.74, 6) is 0.